The first-order chi connectivity index (χ1) is 9.54. The summed E-state index contributed by atoms with van der Waals surface area (Å²) in [5.74, 6) is 0.423. The number of benzene rings is 2. The minimum atomic E-state index is -0.515. The molecule has 104 valence electrons. The Bertz CT molecular complexity index is 664. The van der Waals surface area contributed by atoms with Gasteiger partial charge in [-0.1, -0.05) is 29.8 Å². The Morgan fingerprint density at radius 2 is 1.95 bits per heavy atom. The first kappa shape index (κ1) is 14.8. The second-order valence-electron chi connectivity index (χ2n) is 3.88. The minimum Gasteiger partial charge on any atom is -0.447 e. The van der Waals surface area contributed by atoms with Gasteiger partial charge in [0.25, 0.3) is 0 Å². The summed E-state index contributed by atoms with van der Waals surface area (Å²) in [7, 11) is 0. The molecular formula is C13H10BrClN2O3. The van der Waals surface area contributed by atoms with Crippen LogP contribution in [0.2, 0.25) is 5.02 Å². The average molecular weight is 358 g/mol. The van der Waals surface area contributed by atoms with Gasteiger partial charge in [-0.3, -0.25) is 10.1 Å². The van der Waals surface area contributed by atoms with Crippen LogP contribution in [-0.2, 0) is 6.54 Å². The fraction of sp³-hybridized carbons (Fsp3) is 0.0769. The van der Waals surface area contributed by atoms with Gasteiger partial charge < -0.3 is 10.5 Å². The highest BCUT2D eigenvalue weighted by molar-refractivity contribution is 9.10. The maximum Gasteiger partial charge on any atom is 0.312 e. The van der Waals surface area contributed by atoms with E-state index in [1.165, 1.54) is 6.07 Å². The SMILES string of the molecule is NCc1cccc(Cl)c1Oc1c(Br)cccc1[N+](=O)[O-]. The topological polar surface area (TPSA) is 78.4 Å². The first-order valence-electron chi connectivity index (χ1n) is 5.62. The molecule has 2 aromatic carbocycles. The molecule has 0 saturated carbocycles. The predicted octanol–water partition coefficient (Wildman–Crippen LogP) is 4.26. The van der Waals surface area contributed by atoms with Crippen LogP contribution in [0.4, 0.5) is 5.69 Å². The van der Waals surface area contributed by atoms with E-state index in [4.69, 9.17) is 22.1 Å². The zero-order valence-corrected chi connectivity index (χ0v) is 12.5. The standard InChI is InChI=1S/C13H10BrClN2O3/c14-9-4-2-6-11(17(18)19)13(9)20-12-8(7-16)3-1-5-10(12)15/h1-6H,7,16H2. The van der Waals surface area contributed by atoms with Gasteiger partial charge in [0.05, 0.1) is 14.4 Å². The van der Waals surface area contributed by atoms with Crippen molar-refractivity contribution in [3.05, 3.63) is 61.6 Å². The maximum atomic E-state index is 11.1. The Kier molecular flexibility index (Phi) is 4.59. The molecule has 0 spiro atoms. The van der Waals surface area contributed by atoms with E-state index in [1.54, 1.807) is 30.3 Å². The van der Waals surface area contributed by atoms with Crippen molar-refractivity contribution in [2.75, 3.05) is 0 Å². The van der Waals surface area contributed by atoms with Crippen molar-refractivity contribution >= 4 is 33.2 Å². The molecule has 2 aromatic rings. The molecule has 0 aliphatic rings. The van der Waals surface area contributed by atoms with Gasteiger partial charge >= 0.3 is 5.69 Å². The van der Waals surface area contributed by atoms with Crippen molar-refractivity contribution in [3.8, 4) is 11.5 Å². The van der Waals surface area contributed by atoms with E-state index in [2.05, 4.69) is 15.9 Å². The number of nitro benzene ring substituents is 1. The van der Waals surface area contributed by atoms with Gasteiger partial charge in [0.15, 0.2) is 5.75 Å². The number of hydrogen-bond acceptors (Lipinski definition) is 4. The molecule has 0 heterocycles. The van der Waals surface area contributed by atoms with Crippen LogP contribution in [-0.4, -0.2) is 4.92 Å². The van der Waals surface area contributed by atoms with E-state index < -0.39 is 4.92 Å². The summed E-state index contributed by atoms with van der Waals surface area (Å²) in [6.45, 7) is 0.216. The number of nitro groups is 1. The molecule has 2 N–H and O–H groups in total. The lowest BCUT2D eigenvalue weighted by Crippen LogP contribution is -2.01. The quantitative estimate of drug-likeness (QED) is 0.655. The van der Waals surface area contributed by atoms with E-state index in [-0.39, 0.29) is 18.0 Å². The molecule has 7 heteroatoms. The lowest BCUT2D eigenvalue weighted by atomic mass is 10.2. The number of para-hydroxylation sites is 2. The number of nitrogens with zero attached hydrogens (tertiary/aromatic N) is 1. The molecule has 0 aromatic heterocycles. The van der Waals surface area contributed by atoms with Crippen molar-refractivity contribution in [1.82, 2.24) is 0 Å². The van der Waals surface area contributed by atoms with Gasteiger partial charge in [-0.05, 0) is 28.1 Å². The monoisotopic (exact) mass is 356 g/mol. The molecule has 0 aliphatic heterocycles. The zero-order valence-electron chi connectivity index (χ0n) is 10.2. The molecule has 0 amide bonds. The maximum absolute atomic E-state index is 11.1. The van der Waals surface area contributed by atoms with Gasteiger partial charge in [0.2, 0.25) is 5.75 Å². The van der Waals surface area contributed by atoms with Crippen LogP contribution in [0.25, 0.3) is 0 Å². The van der Waals surface area contributed by atoms with E-state index in [0.717, 1.165) is 0 Å². The Balaban J connectivity index is 2.53. The van der Waals surface area contributed by atoms with E-state index >= 15 is 0 Å². The number of nitrogens with two attached hydrogens (primary N) is 1. The lowest BCUT2D eigenvalue weighted by Gasteiger charge is -2.12. The third-order valence-corrected chi connectivity index (χ3v) is 3.54. The van der Waals surface area contributed by atoms with Gasteiger partial charge in [0.1, 0.15) is 0 Å². The normalized spacial score (nSPS) is 10.3. The third kappa shape index (κ3) is 2.92. The summed E-state index contributed by atoms with van der Waals surface area (Å²) < 4.78 is 6.12. The number of halogens is 2. The van der Waals surface area contributed by atoms with Crippen LogP contribution in [0.5, 0.6) is 11.5 Å². The fourth-order valence-corrected chi connectivity index (χ4v) is 2.34. The molecule has 0 unspecified atom stereocenters. The van der Waals surface area contributed by atoms with Crippen LogP contribution in [0, 0.1) is 10.1 Å². The second-order valence-corrected chi connectivity index (χ2v) is 5.14. The van der Waals surface area contributed by atoms with E-state index in [1.807, 2.05) is 0 Å². The van der Waals surface area contributed by atoms with Crippen LogP contribution in [0.1, 0.15) is 5.56 Å². The van der Waals surface area contributed by atoms with Crippen LogP contribution >= 0.6 is 27.5 Å². The largest absolute Gasteiger partial charge is 0.447 e. The second kappa shape index (κ2) is 6.21. The van der Waals surface area contributed by atoms with Crippen molar-refractivity contribution < 1.29 is 9.66 Å². The molecule has 0 saturated heterocycles. The summed E-state index contributed by atoms with van der Waals surface area (Å²) in [4.78, 5) is 10.5. The summed E-state index contributed by atoms with van der Waals surface area (Å²) in [5, 5.41) is 11.4. The molecule has 0 atom stereocenters. The zero-order chi connectivity index (χ0) is 14.7. The fourth-order valence-electron chi connectivity index (χ4n) is 1.67. The summed E-state index contributed by atoms with van der Waals surface area (Å²) in [6.07, 6.45) is 0. The number of ether oxygens (including phenoxy) is 1. The van der Waals surface area contributed by atoms with E-state index in [0.29, 0.717) is 20.8 Å². The lowest BCUT2D eigenvalue weighted by molar-refractivity contribution is -0.385. The number of rotatable bonds is 4. The Morgan fingerprint density at radius 3 is 2.60 bits per heavy atom. The Hall–Kier alpha value is -1.63. The highest BCUT2D eigenvalue weighted by atomic mass is 79.9. The van der Waals surface area contributed by atoms with Crippen molar-refractivity contribution in [3.63, 3.8) is 0 Å². The van der Waals surface area contributed by atoms with Crippen LogP contribution < -0.4 is 10.5 Å². The van der Waals surface area contributed by atoms with Crippen LogP contribution in [0.3, 0.4) is 0 Å². The molecule has 0 aliphatic carbocycles. The van der Waals surface area contributed by atoms with Crippen LogP contribution in [0.15, 0.2) is 40.9 Å². The van der Waals surface area contributed by atoms with E-state index in [9.17, 15) is 10.1 Å². The smallest absolute Gasteiger partial charge is 0.312 e. The summed E-state index contributed by atoms with van der Waals surface area (Å²) in [6, 6.07) is 9.71. The van der Waals surface area contributed by atoms with Crippen molar-refractivity contribution in [2.24, 2.45) is 5.73 Å². The summed E-state index contributed by atoms with van der Waals surface area (Å²) in [5.41, 5.74) is 6.14. The van der Waals surface area contributed by atoms with Crippen molar-refractivity contribution in [2.45, 2.75) is 6.54 Å². The van der Waals surface area contributed by atoms with Gasteiger partial charge in [-0.15, -0.1) is 0 Å². The molecule has 2 rings (SSSR count). The van der Waals surface area contributed by atoms with Gasteiger partial charge in [0, 0.05) is 18.2 Å². The van der Waals surface area contributed by atoms with Gasteiger partial charge in [-0.25, -0.2) is 0 Å². The Morgan fingerprint density at radius 1 is 1.25 bits per heavy atom. The first-order valence-corrected chi connectivity index (χ1v) is 6.80. The highest BCUT2D eigenvalue weighted by Crippen LogP contribution is 2.41. The highest BCUT2D eigenvalue weighted by Gasteiger charge is 2.20. The number of hydrogen-bond donors (Lipinski definition) is 1. The van der Waals surface area contributed by atoms with Crippen molar-refractivity contribution in [1.29, 1.82) is 0 Å². The predicted molar refractivity (Wildman–Crippen MR) is 80.2 cm³/mol. The molecular weight excluding hydrogens is 348 g/mol. The third-order valence-electron chi connectivity index (χ3n) is 2.62. The molecule has 5 nitrogen and oxygen atoms in total. The average Bonchev–Trinajstić information content (AvgIpc) is 2.42. The summed E-state index contributed by atoms with van der Waals surface area (Å²) >= 11 is 9.32. The minimum absolute atomic E-state index is 0.0975. The molecule has 0 fully saturated rings. The molecule has 20 heavy (non-hydrogen) atoms. The molecule has 0 bridgehead atoms. The van der Waals surface area contributed by atoms with Gasteiger partial charge in [-0.2, -0.15) is 0 Å². The molecule has 0 radical (unpaired) electrons. The Labute approximate surface area is 128 Å².